The van der Waals surface area contributed by atoms with Crippen LogP contribution in [0.1, 0.15) is 27.7 Å². The first-order valence-corrected chi connectivity index (χ1v) is 5.35. The van der Waals surface area contributed by atoms with Crippen LogP contribution in [0.15, 0.2) is 30.3 Å². The standard InChI is InChI=1S/C13H20O2/c1-10(2)12(13(3,4)14)15-11-8-6-5-7-9-11/h5-10,12,14H,1-4H3. The Balaban J connectivity index is 2.77. The number of rotatable bonds is 4. The molecule has 0 aliphatic rings. The van der Waals surface area contributed by atoms with Gasteiger partial charge in [-0.2, -0.15) is 0 Å². The molecule has 0 aliphatic heterocycles. The summed E-state index contributed by atoms with van der Waals surface area (Å²) in [4.78, 5) is 0. The van der Waals surface area contributed by atoms with Crippen LogP contribution in [0.25, 0.3) is 0 Å². The van der Waals surface area contributed by atoms with Crippen molar-refractivity contribution in [2.24, 2.45) is 5.92 Å². The van der Waals surface area contributed by atoms with Crippen LogP contribution in [0.5, 0.6) is 5.75 Å². The van der Waals surface area contributed by atoms with Crippen molar-refractivity contribution in [3.63, 3.8) is 0 Å². The van der Waals surface area contributed by atoms with Gasteiger partial charge in [0, 0.05) is 0 Å². The number of para-hydroxylation sites is 1. The lowest BCUT2D eigenvalue weighted by Gasteiger charge is -2.32. The molecule has 1 atom stereocenters. The average molecular weight is 208 g/mol. The molecule has 0 aromatic heterocycles. The van der Waals surface area contributed by atoms with Crippen LogP contribution >= 0.6 is 0 Å². The van der Waals surface area contributed by atoms with Crippen LogP contribution in [0.2, 0.25) is 0 Å². The lowest BCUT2D eigenvalue weighted by molar-refractivity contribution is -0.0550. The Labute approximate surface area is 91.9 Å². The van der Waals surface area contributed by atoms with E-state index in [0.717, 1.165) is 5.75 Å². The van der Waals surface area contributed by atoms with E-state index in [1.54, 1.807) is 13.8 Å². The van der Waals surface area contributed by atoms with E-state index >= 15 is 0 Å². The maximum Gasteiger partial charge on any atom is 0.129 e. The van der Waals surface area contributed by atoms with Gasteiger partial charge in [-0.05, 0) is 31.9 Å². The minimum Gasteiger partial charge on any atom is -0.487 e. The molecular weight excluding hydrogens is 188 g/mol. The summed E-state index contributed by atoms with van der Waals surface area (Å²) >= 11 is 0. The molecule has 1 aromatic carbocycles. The summed E-state index contributed by atoms with van der Waals surface area (Å²) in [6, 6.07) is 9.61. The molecule has 0 bridgehead atoms. The summed E-state index contributed by atoms with van der Waals surface area (Å²) in [7, 11) is 0. The normalized spacial score (nSPS) is 14.0. The van der Waals surface area contributed by atoms with Crippen molar-refractivity contribution in [2.75, 3.05) is 0 Å². The summed E-state index contributed by atoms with van der Waals surface area (Å²) in [5, 5.41) is 9.98. The second-order valence-electron chi connectivity index (χ2n) is 4.75. The lowest BCUT2D eigenvalue weighted by atomic mass is 9.92. The summed E-state index contributed by atoms with van der Waals surface area (Å²) in [6.45, 7) is 7.65. The van der Waals surface area contributed by atoms with Crippen LogP contribution < -0.4 is 4.74 Å². The molecule has 15 heavy (non-hydrogen) atoms. The molecule has 0 heterocycles. The second kappa shape index (κ2) is 4.67. The molecule has 84 valence electrons. The minimum atomic E-state index is -0.829. The maximum atomic E-state index is 9.98. The zero-order chi connectivity index (χ0) is 11.5. The second-order valence-corrected chi connectivity index (χ2v) is 4.75. The Morgan fingerprint density at radius 3 is 2.07 bits per heavy atom. The predicted molar refractivity (Wildman–Crippen MR) is 62.0 cm³/mol. The van der Waals surface area contributed by atoms with Crippen LogP contribution in [0.4, 0.5) is 0 Å². The summed E-state index contributed by atoms with van der Waals surface area (Å²) in [5.74, 6) is 1.07. The first kappa shape index (κ1) is 12.1. The molecule has 0 fully saturated rings. The SMILES string of the molecule is CC(C)C(Oc1ccccc1)C(C)(C)O. The first-order chi connectivity index (χ1) is 6.91. The van der Waals surface area contributed by atoms with E-state index in [1.165, 1.54) is 0 Å². The zero-order valence-corrected chi connectivity index (χ0v) is 9.90. The maximum absolute atomic E-state index is 9.98. The highest BCUT2D eigenvalue weighted by atomic mass is 16.5. The van der Waals surface area contributed by atoms with Crippen molar-refractivity contribution in [3.05, 3.63) is 30.3 Å². The monoisotopic (exact) mass is 208 g/mol. The molecule has 1 aromatic rings. The molecule has 2 heteroatoms. The van der Waals surface area contributed by atoms with Crippen molar-refractivity contribution >= 4 is 0 Å². The van der Waals surface area contributed by atoms with Gasteiger partial charge in [0.15, 0.2) is 0 Å². The Morgan fingerprint density at radius 2 is 1.67 bits per heavy atom. The number of ether oxygens (including phenoxy) is 1. The van der Waals surface area contributed by atoms with Crippen LogP contribution in [0.3, 0.4) is 0 Å². The molecule has 0 radical (unpaired) electrons. The van der Waals surface area contributed by atoms with Crippen molar-refractivity contribution in [2.45, 2.75) is 39.4 Å². The van der Waals surface area contributed by atoms with E-state index in [9.17, 15) is 5.11 Å². The Kier molecular flexibility index (Phi) is 3.75. The highest BCUT2D eigenvalue weighted by molar-refractivity contribution is 5.21. The van der Waals surface area contributed by atoms with Gasteiger partial charge in [-0.1, -0.05) is 32.0 Å². The van der Waals surface area contributed by atoms with E-state index < -0.39 is 5.60 Å². The summed E-state index contributed by atoms with van der Waals surface area (Å²) in [5.41, 5.74) is -0.829. The van der Waals surface area contributed by atoms with E-state index in [2.05, 4.69) is 0 Å². The largest absolute Gasteiger partial charge is 0.487 e. The molecule has 1 N–H and O–H groups in total. The molecule has 0 spiro atoms. The molecule has 0 saturated carbocycles. The Bertz CT molecular complexity index is 285. The highest BCUT2D eigenvalue weighted by Gasteiger charge is 2.31. The fourth-order valence-electron chi connectivity index (χ4n) is 1.74. The summed E-state index contributed by atoms with van der Waals surface area (Å²) in [6.07, 6.45) is -0.195. The molecular formula is C13H20O2. The van der Waals surface area contributed by atoms with Gasteiger partial charge >= 0.3 is 0 Å². The molecule has 0 amide bonds. The van der Waals surface area contributed by atoms with Gasteiger partial charge < -0.3 is 9.84 Å². The van der Waals surface area contributed by atoms with E-state index in [4.69, 9.17) is 4.74 Å². The predicted octanol–water partition coefficient (Wildman–Crippen LogP) is 2.86. The van der Waals surface area contributed by atoms with Crippen molar-refractivity contribution in [1.29, 1.82) is 0 Å². The van der Waals surface area contributed by atoms with Crippen LogP contribution in [-0.4, -0.2) is 16.8 Å². The third-order valence-corrected chi connectivity index (χ3v) is 2.31. The van der Waals surface area contributed by atoms with Crippen LogP contribution in [0, 0.1) is 5.92 Å². The fourth-order valence-corrected chi connectivity index (χ4v) is 1.74. The average Bonchev–Trinajstić information content (AvgIpc) is 2.13. The Hall–Kier alpha value is -1.02. The number of hydrogen-bond donors (Lipinski definition) is 1. The van der Waals surface area contributed by atoms with Gasteiger partial charge in [0.2, 0.25) is 0 Å². The van der Waals surface area contributed by atoms with E-state index in [-0.39, 0.29) is 12.0 Å². The number of hydrogen-bond acceptors (Lipinski definition) is 2. The van der Waals surface area contributed by atoms with Gasteiger partial charge in [-0.25, -0.2) is 0 Å². The minimum absolute atomic E-state index is 0.195. The van der Waals surface area contributed by atoms with Gasteiger partial charge in [0.05, 0.1) is 5.60 Å². The van der Waals surface area contributed by atoms with Gasteiger partial charge in [-0.15, -0.1) is 0 Å². The van der Waals surface area contributed by atoms with E-state index in [0.29, 0.717) is 0 Å². The van der Waals surface area contributed by atoms with Crippen molar-refractivity contribution in [3.8, 4) is 5.75 Å². The highest BCUT2D eigenvalue weighted by Crippen LogP contribution is 2.23. The van der Waals surface area contributed by atoms with E-state index in [1.807, 2.05) is 44.2 Å². The van der Waals surface area contributed by atoms with Crippen molar-refractivity contribution < 1.29 is 9.84 Å². The third kappa shape index (κ3) is 3.56. The van der Waals surface area contributed by atoms with Crippen LogP contribution in [-0.2, 0) is 0 Å². The quantitative estimate of drug-likeness (QED) is 0.824. The van der Waals surface area contributed by atoms with Crippen molar-refractivity contribution in [1.82, 2.24) is 0 Å². The number of benzene rings is 1. The summed E-state index contributed by atoms with van der Waals surface area (Å²) < 4.78 is 5.79. The van der Waals surface area contributed by atoms with Gasteiger partial charge in [-0.3, -0.25) is 0 Å². The Morgan fingerprint density at radius 1 is 1.13 bits per heavy atom. The molecule has 0 aliphatic carbocycles. The number of aliphatic hydroxyl groups is 1. The smallest absolute Gasteiger partial charge is 0.129 e. The lowest BCUT2D eigenvalue weighted by Crippen LogP contribution is -2.44. The fraction of sp³-hybridized carbons (Fsp3) is 0.538. The molecule has 2 nitrogen and oxygen atoms in total. The molecule has 1 rings (SSSR count). The zero-order valence-electron chi connectivity index (χ0n) is 9.90. The molecule has 0 saturated heterocycles. The van der Waals surface area contributed by atoms with Gasteiger partial charge in [0.1, 0.15) is 11.9 Å². The third-order valence-electron chi connectivity index (χ3n) is 2.31. The topological polar surface area (TPSA) is 29.5 Å². The first-order valence-electron chi connectivity index (χ1n) is 5.35. The molecule has 1 unspecified atom stereocenters. The van der Waals surface area contributed by atoms with Gasteiger partial charge in [0.25, 0.3) is 0 Å².